The zero-order chi connectivity index (χ0) is 28.2. The molecule has 3 heterocycles. The molecule has 3 atom stereocenters. The lowest BCUT2D eigenvalue weighted by atomic mass is 10.1. The van der Waals surface area contributed by atoms with Gasteiger partial charge in [-0.15, -0.1) is 0 Å². The van der Waals surface area contributed by atoms with Crippen molar-refractivity contribution in [1.82, 2.24) is 19.6 Å². The van der Waals surface area contributed by atoms with Crippen molar-refractivity contribution in [2.75, 3.05) is 66.7 Å². The van der Waals surface area contributed by atoms with Crippen molar-refractivity contribution in [2.24, 2.45) is 0 Å². The molecule has 11 nitrogen and oxygen atoms in total. The molecule has 0 N–H and O–H groups in total. The Balaban J connectivity index is 1.45. The Hall–Kier alpha value is -3.31. The Morgan fingerprint density at radius 2 is 1.73 bits per heavy atom. The lowest BCUT2D eigenvalue weighted by Gasteiger charge is -2.24. The Morgan fingerprint density at radius 3 is 2.48 bits per heavy atom. The number of cyclic esters (lactones) is 1. The topological polar surface area (TPSA) is 105 Å². The fraction of sp³-hybridized carbons (Fsp3) is 0.621. The second-order valence-electron chi connectivity index (χ2n) is 10.1. The number of carbonyl (C=O) groups is 2. The van der Waals surface area contributed by atoms with Crippen LogP contribution in [0.2, 0.25) is 0 Å². The van der Waals surface area contributed by atoms with Crippen LogP contribution in [0, 0.1) is 0 Å². The Labute approximate surface area is 236 Å². The van der Waals surface area contributed by atoms with Gasteiger partial charge in [0.25, 0.3) is 0 Å². The van der Waals surface area contributed by atoms with E-state index in [2.05, 4.69) is 14.9 Å². The van der Waals surface area contributed by atoms with Gasteiger partial charge in [0.2, 0.25) is 5.75 Å². The number of hydrogen-bond acceptors (Lipinski definition) is 10. The number of rotatable bonds is 6. The van der Waals surface area contributed by atoms with Crippen molar-refractivity contribution in [1.29, 1.82) is 0 Å². The number of nitrogens with zero attached hydrogens (tertiary/aromatic N) is 4. The first-order chi connectivity index (χ1) is 19.6. The largest absolute Gasteiger partial charge is 0.493 e. The molecular formula is C29H42N4O7. The first-order valence-corrected chi connectivity index (χ1v) is 14.2. The van der Waals surface area contributed by atoms with Gasteiger partial charge < -0.3 is 33.5 Å². The normalized spacial score (nSPS) is 22.9. The van der Waals surface area contributed by atoms with Crippen LogP contribution in [0.5, 0.6) is 17.2 Å². The summed E-state index contributed by atoms with van der Waals surface area (Å²) >= 11 is 0. The molecule has 1 aromatic heterocycles. The Morgan fingerprint density at radius 1 is 0.950 bits per heavy atom. The molecule has 40 heavy (non-hydrogen) atoms. The molecule has 0 radical (unpaired) electrons. The third-order valence-electron chi connectivity index (χ3n) is 7.31. The highest BCUT2D eigenvalue weighted by molar-refractivity contribution is 5.91. The van der Waals surface area contributed by atoms with Crippen LogP contribution in [0.3, 0.4) is 0 Å². The van der Waals surface area contributed by atoms with Crippen molar-refractivity contribution in [3.63, 3.8) is 0 Å². The molecule has 0 aliphatic carbocycles. The molecule has 4 rings (SSSR count). The van der Waals surface area contributed by atoms with Crippen molar-refractivity contribution >= 4 is 11.9 Å². The fourth-order valence-corrected chi connectivity index (χ4v) is 5.13. The van der Waals surface area contributed by atoms with Crippen LogP contribution in [-0.4, -0.2) is 104 Å². The van der Waals surface area contributed by atoms with Gasteiger partial charge in [0, 0.05) is 38.6 Å². The average molecular weight is 559 g/mol. The summed E-state index contributed by atoms with van der Waals surface area (Å²) < 4.78 is 30.3. The van der Waals surface area contributed by atoms with Crippen LogP contribution in [0.4, 0.5) is 0 Å². The molecule has 0 spiro atoms. The lowest BCUT2D eigenvalue weighted by molar-refractivity contribution is -0.150. The summed E-state index contributed by atoms with van der Waals surface area (Å²) in [6.45, 7) is 6.91. The number of benzene rings is 1. The predicted molar refractivity (Wildman–Crippen MR) is 148 cm³/mol. The van der Waals surface area contributed by atoms with E-state index < -0.39 is 5.97 Å². The van der Waals surface area contributed by atoms with Gasteiger partial charge in [-0.25, -0.2) is 4.79 Å². The van der Waals surface area contributed by atoms with Crippen LogP contribution < -0.4 is 14.2 Å². The molecule has 220 valence electrons. The number of carbonyl (C=O) groups excluding carboxylic acids is 2. The van der Waals surface area contributed by atoms with Gasteiger partial charge in [-0.1, -0.05) is 0 Å². The second-order valence-corrected chi connectivity index (χ2v) is 10.1. The molecule has 2 aromatic rings. The van der Waals surface area contributed by atoms with E-state index in [1.54, 1.807) is 23.0 Å². The number of hydrogen-bond donors (Lipinski definition) is 0. The third-order valence-corrected chi connectivity index (χ3v) is 7.31. The second kappa shape index (κ2) is 15.5. The van der Waals surface area contributed by atoms with Gasteiger partial charge in [-0.05, 0) is 63.4 Å². The molecule has 3 unspecified atom stereocenters. The molecule has 2 aliphatic heterocycles. The third kappa shape index (κ3) is 8.85. The van der Waals surface area contributed by atoms with Crippen molar-refractivity contribution in [2.45, 2.75) is 51.2 Å². The van der Waals surface area contributed by atoms with Crippen LogP contribution >= 0.6 is 0 Å². The number of fused-ring (bicyclic) bond motifs is 5. The van der Waals surface area contributed by atoms with E-state index in [9.17, 15) is 9.59 Å². The highest BCUT2D eigenvalue weighted by Gasteiger charge is 2.22. The predicted octanol–water partition coefficient (Wildman–Crippen LogP) is 3.02. The molecule has 1 fully saturated rings. The first-order valence-electron chi connectivity index (χ1n) is 14.2. The van der Waals surface area contributed by atoms with Crippen molar-refractivity contribution in [3.8, 4) is 17.2 Å². The van der Waals surface area contributed by atoms with Gasteiger partial charge in [0.15, 0.2) is 11.5 Å². The molecule has 11 heteroatoms. The van der Waals surface area contributed by atoms with Crippen LogP contribution in [-0.2, 0) is 20.8 Å². The van der Waals surface area contributed by atoms with E-state index in [0.717, 1.165) is 58.5 Å². The Bertz CT molecular complexity index is 1080. The standard InChI is InChI=1S/C29H42N4O7/c1-36-25-21-23-22-26(28(25)37-2)38-19-3-7-24(40-27(34)9-16-33-14-4-10-30-33)8-15-32-12-5-11-31(17-18-32)13-6-20-39-29(23)35/h4,10,14,21-22,24H,3,5-9,11-13,15-20H2,1-2H3. The number of aryl methyl sites for hydroxylation is 1. The average Bonchev–Trinajstić information content (AvgIpc) is 3.39. The number of ether oxygens (including phenoxy) is 5. The number of esters is 2. The van der Waals surface area contributed by atoms with E-state index in [1.807, 2.05) is 12.3 Å². The van der Waals surface area contributed by atoms with Crippen LogP contribution in [0.25, 0.3) is 0 Å². The summed E-state index contributed by atoms with van der Waals surface area (Å²) in [6.07, 6.45) is 7.52. The van der Waals surface area contributed by atoms with E-state index in [-0.39, 0.29) is 18.5 Å². The maximum absolute atomic E-state index is 12.8. The van der Waals surface area contributed by atoms with Gasteiger partial charge in [-0.3, -0.25) is 9.48 Å². The van der Waals surface area contributed by atoms with Crippen LogP contribution in [0.15, 0.2) is 30.6 Å². The maximum atomic E-state index is 12.8. The molecule has 2 aliphatic rings. The maximum Gasteiger partial charge on any atom is 0.338 e. The van der Waals surface area contributed by atoms with Crippen molar-refractivity contribution < 1.29 is 33.3 Å². The summed E-state index contributed by atoms with van der Waals surface area (Å²) in [5.74, 6) is 0.578. The van der Waals surface area contributed by atoms with E-state index >= 15 is 0 Å². The van der Waals surface area contributed by atoms with Gasteiger partial charge >= 0.3 is 11.9 Å². The molecule has 4 bridgehead atoms. The minimum atomic E-state index is -0.423. The van der Waals surface area contributed by atoms with Crippen molar-refractivity contribution in [3.05, 3.63) is 36.2 Å². The monoisotopic (exact) mass is 558 g/mol. The molecule has 0 saturated carbocycles. The van der Waals surface area contributed by atoms with E-state index in [0.29, 0.717) is 55.4 Å². The zero-order valence-electron chi connectivity index (χ0n) is 23.7. The molecule has 1 aromatic carbocycles. The van der Waals surface area contributed by atoms with Gasteiger partial charge in [0.05, 0.1) is 46.0 Å². The molecule has 1 saturated heterocycles. The fourth-order valence-electron chi connectivity index (χ4n) is 5.13. The minimum Gasteiger partial charge on any atom is -0.493 e. The first kappa shape index (κ1) is 29.7. The van der Waals surface area contributed by atoms with E-state index in [4.69, 9.17) is 23.7 Å². The summed E-state index contributed by atoms with van der Waals surface area (Å²) in [7, 11) is 3.05. The molecule has 0 amide bonds. The number of aromatic nitrogens is 2. The number of methoxy groups -OCH3 is 2. The summed E-state index contributed by atoms with van der Waals surface area (Å²) in [5.41, 5.74) is 0.347. The quantitative estimate of drug-likeness (QED) is 0.492. The SMILES string of the molecule is COc1cc2cc(c1OC)OCCCC(OC(=O)CCn1cccn1)CCN1CCCN(CCCOC2=O)CC1. The Kier molecular flexibility index (Phi) is 11.5. The summed E-state index contributed by atoms with van der Waals surface area (Å²) in [4.78, 5) is 30.4. The summed E-state index contributed by atoms with van der Waals surface area (Å²) in [6, 6.07) is 5.08. The smallest absolute Gasteiger partial charge is 0.338 e. The van der Waals surface area contributed by atoms with Crippen LogP contribution in [0.1, 0.15) is 48.9 Å². The highest BCUT2D eigenvalue weighted by Crippen LogP contribution is 2.38. The zero-order valence-corrected chi connectivity index (χ0v) is 23.7. The molecular weight excluding hydrogens is 516 g/mol. The minimum absolute atomic E-state index is 0.215. The van der Waals surface area contributed by atoms with Gasteiger partial charge in [-0.2, -0.15) is 5.10 Å². The van der Waals surface area contributed by atoms with Gasteiger partial charge in [0.1, 0.15) is 6.10 Å². The highest BCUT2D eigenvalue weighted by atomic mass is 16.5. The van der Waals surface area contributed by atoms with E-state index in [1.165, 1.54) is 14.2 Å². The summed E-state index contributed by atoms with van der Waals surface area (Å²) in [5, 5.41) is 4.16. The lowest BCUT2D eigenvalue weighted by Crippen LogP contribution is -2.34.